The molecule has 0 fully saturated rings. The molecule has 0 saturated carbocycles. The van der Waals surface area contributed by atoms with Crippen molar-refractivity contribution in [2.45, 2.75) is 6.54 Å². The van der Waals surface area contributed by atoms with Crippen LogP contribution in [0.2, 0.25) is 5.02 Å². The van der Waals surface area contributed by atoms with Gasteiger partial charge in [0.2, 0.25) is 0 Å². The van der Waals surface area contributed by atoms with Gasteiger partial charge in [-0.15, -0.1) is 0 Å². The number of pyridine rings is 1. The van der Waals surface area contributed by atoms with Crippen molar-refractivity contribution in [1.29, 1.82) is 0 Å². The third-order valence-electron chi connectivity index (χ3n) is 3.38. The van der Waals surface area contributed by atoms with Gasteiger partial charge in [0.05, 0.1) is 7.11 Å². The highest BCUT2D eigenvalue weighted by Crippen LogP contribution is 2.26. The molecule has 0 spiro atoms. The monoisotopic (exact) mass is 298 g/mol. The van der Waals surface area contributed by atoms with Gasteiger partial charge in [-0.3, -0.25) is 0 Å². The van der Waals surface area contributed by atoms with E-state index in [0.717, 1.165) is 32.9 Å². The predicted molar refractivity (Wildman–Crippen MR) is 87.1 cm³/mol. The molecule has 2 aromatic carbocycles. The van der Waals surface area contributed by atoms with Gasteiger partial charge < -0.3 is 10.1 Å². The molecule has 0 aliphatic heterocycles. The Balaban J connectivity index is 1.91. The van der Waals surface area contributed by atoms with Crippen molar-refractivity contribution in [3.63, 3.8) is 0 Å². The van der Waals surface area contributed by atoms with Crippen molar-refractivity contribution in [1.82, 2.24) is 4.98 Å². The Kier molecular flexibility index (Phi) is 3.93. The number of methoxy groups -OCH3 is 1. The van der Waals surface area contributed by atoms with Crippen molar-refractivity contribution in [2.24, 2.45) is 0 Å². The first-order chi connectivity index (χ1) is 10.3. The van der Waals surface area contributed by atoms with Crippen LogP contribution in [0.5, 0.6) is 5.75 Å². The fourth-order valence-electron chi connectivity index (χ4n) is 2.24. The number of hydrogen-bond donors (Lipinski definition) is 1. The molecular formula is C17H15ClN2O. The number of benzene rings is 2. The number of ether oxygens (including phenoxy) is 1. The van der Waals surface area contributed by atoms with E-state index in [-0.39, 0.29) is 0 Å². The van der Waals surface area contributed by atoms with E-state index < -0.39 is 0 Å². The van der Waals surface area contributed by atoms with Gasteiger partial charge in [0, 0.05) is 23.2 Å². The molecular weight excluding hydrogens is 284 g/mol. The number of aromatic nitrogens is 1. The SMILES string of the molecule is COc1ccc2ccnc(NCc3ccccc3Cl)c2c1. The summed E-state index contributed by atoms with van der Waals surface area (Å²) in [4.78, 5) is 4.42. The van der Waals surface area contributed by atoms with E-state index in [0.29, 0.717) is 6.54 Å². The summed E-state index contributed by atoms with van der Waals surface area (Å²) in [5.41, 5.74) is 1.04. The standard InChI is InChI=1S/C17H15ClN2O/c1-21-14-7-6-12-8-9-19-17(15(12)10-14)20-11-13-4-2-3-5-16(13)18/h2-10H,11H2,1H3,(H,19,20). The molecule has 3 nitrogen and oxygen atoms in total. The molecule has 21 heavy (non-hydrogen) atoms. The maximum Gasteiger partial charge on any atom is 0.134 e. The molecule has 4 heteroatoms. The van der Waals surface area contributed by atoms with Crippen molar-refractivity contribution in [3.8, 4) is 5.75 Å². The van der Waals surface area contributed by atoms with E-state index in [4.69, 9.17) is 16.3 Å². The first kappa shape index (κ1) is 13.7. The number of hydrogen-bond acceptors (Lipinski definition) is 3. The van der Waals surface area contributed by atoms with E-state index in [1.54, 1.807) is 13.3 Å². The molecule has 1 N–H and O–H groups in total. The molecule has 0 radical (unpaired) electrons. The summed E-state index contributed by atoms with van der Waals surface area (Å²) in [6, 6.07) is 15.7. The first-order valence-corrected chi connectivity index (χ1v) is 7.06. The molecule has 1 heterocycles. The molecule has 0 saturated heterocycles. The van der Waals surface area contributed by atoms with Crippen LogP contribution in [-0.4, -0.2) is 12.1 Å². The maximum absolute atomic E-state index is 6.18. The second kappa shape index (κ2) is 6.02. The molecule has 0 amide bonds. The summed E-state index contributed by atoms with van der Waals surface area (Å²) in [7, 11) is 1.66. The Morgan fingerprint density at radius 1 is 1.14 bits per heavy atom. The van der Waals surface area contributed by atoms with E-state index in [2.05, 4.69) is 10.3 Å². The van der Waals surface area contributed by atoms with E-state index in [9.17, 15) is 0 Å². The topological polar surface area (TPSA) is 34.1 Å². The van der Waals surface area contributed by atoms with Gasteiger partial charge >= 0.3 is 0 Å². The van der Waals surface area contributed by atoms with Gasteiger partial charge in [-0.05, 0) is 35.2 Å². The zero-order chi connectivity index (χ0) is 14.7. The van der Waals surface area contributed by atoms with E-state index >= 15 is 0 Å². The van der Waals surface area contributed by atoms with Crippen LogP contribution in [0.15, 0.2) is 54.7 Å². The van der Waals surface area contributed by atoms with Gasteiger partial charge in [-0.25, -0.2) is 4.98 Å². The number of fused-ring (bicyclic) bond motifs is 1. The van der Waals surface area contributed by atoms with Gasteiger partial charge in [0.1, 0.15) is 11.6 Å². The number of halogens is 1. The first-order valence-electron chi connectivity index (χ1n) is 6.68. The fraction of sp³-hybridized carbons (Fsp3) is 0.118. The van der Waals surface area contributed by atoms with Crippen molar-refractivity contribution < 1.29 is 4.74 Å². The second-order valence-electron chi connectivity index (χ2n) is 4.69. The molecule has 0 aliphatic rings. The summed E-state index contributed by atoms with van der Waals surface area (Å²) in [5.74, 6) is 1.64. The molecule has 106 valence electrons. The normalized spacial score (nSPS) is 10.6. The number of nitrogens with one attached hydrogen (secondary N) is 1. The Morgan fingerprint density at radius 3 is 2.81 bits per heavy atom. The van der Waals surface area contributed by atoms with Crippen LogP contribution in [0.1, 0.15) is 5.56 Å². The third-order valence-corrected chi connectivity index (χ3v) is 3.75. The average Bonchev–Trinajstić information content (AvgIpc) is 2.53. The Hall–Kier alpha value is -2.26. The quantitative estimate of drug-likeness (QED) is 0.769. The van der Waals surface area contributed by atoms with Gasteiger partial charge in [-0.1, -0.05) is 35.9 Å². The van der Waals surface area contributed by atoms with Crippen LogP contribution in [-0.2, 0) is 6.54 Å². The second-order valence-corrected chi connectivity index (χ2v) is 5.10. The summed E-state index contributed by atoms with van der Waals surface area (Å²) >= 11 is 6.18. The minimum Gasteiger partial charge on any atom is -0.497 e. The Labute approximate surface area is 128 Å². The minimum absolute atomic E-state index is 0.628. The highest BCUT2D eigenvalue weighted by atomic mass is 35.5. The molecule has 3 aromatic rings. The van der Waals surface area contributed by atoms with E-state index in [1.165, 1.54) is 0 Å². The lowest BCUT2D eigenvalue weighted by molar-refractivity contribution is 0.415. The van der Waals surface area contributed by atoms with Gasteiger partial charge in [-0.2, -0.15) is 0 Å². The number of nitrogens with zero attached hydrogens (tertiary/aromatic N) is 1. The highest BCUT2D eigenvalue weighted by Gasteiger charge is 2.05. The number of anilines is 1. The van der Waals surface area contributed by atoms with Crippen LogP contribution in [0.4, 0.5) is 5.82 Å². The molecule has 0 atom stereocenters. The average molecular weight is 299 g/mol. The fourth-order valence-corrected chi connectivity index (χ4v) is 2.44. The summed E-state index contributed by atoms with van der Waals surface area (Å²) in [5, 5.41) is 6.25. The third kappa shape index (κ3) is 2.93. The van der Waals surface area contributed by atoms with Crippen LogP contribution in [0, 0.1) is 0 Å². The highest BCUT2D eigenvalue weighted by molar-refractivity contribution is 6.31. The van der Waals surface area contributed by atoms with Crippen LogP contribution in [0.3, 0.4) is 0 Å². The summed E-state index contributed by atoms with van der Waals surface area (Å²) < 4.78 is 5.28. The zero-order valence-electron chi connectivity index (χ0n) is 11.6. The van der Waals surface area contributed by atoms with E-state index in [1.807, 2.05) is 48.5 Å². The molecule has 0 bridgehead atoms. The van der Waals surface area contributed by atoms with Crippen molar-refractivity contribution in [2.75, 3.05) is 12.4 Å². The largest absolute Gasteiger partial charge is 0.497 e. The summed E-state index contributed by atoms with van der Waals surface area (Å²) in [6.45, 7) is 0.628. The Bertz CT molecular complexity index is 774. The van der Waals surface area contributed by atoms with Crippen molar-refractivity contribution in [3.05, 3.63) is 65.3 Å². The lowest BCUT2D eigenvalue weighted by Gasteiger charge is -2.10. The lowest BCUT2D eigenvalue weighted by Crippen LogP contribution is -2.02. The van der Waals surface area contributed by atoms with Crippen LogP contribution in [0.25, 0.3) is 10.8 Å². The predicted octanol–water partition coefficient (Wildman–Crippen LogP) is 4.51. The molecule has 1 aromatic heterocycles. The van der Waals surface area contributed by atoms with Gasteiger partial charge in [0.15, 0.2) is 0 Å². The molecule has 3 rings (SSSR count). The number of rotatable bonds is 4. The maximum atomic E-state index is 6.18. The smallest absolute Gasteiger partial charge is 0.134 e. The van der Waals surface area contributed by atoms with Crippen LogP contribution < -0.4 is 10.1 Å². The molecule has 0 aliphatic carbocycles. The molecule has 0 unspecified atom stereocenters. The lowest BCUT2D eigenvalue weighted by atomic mass is 10.1. The van der Waals surface area contributed by atoms with Crippen molar-refractivity contribution >= 4 is 28.2 Å². The minimum atomic E-state index is 0.628. The zero-order valence-corrected chi connectivity index (χ0v) is 12.4. The summed E-state index contributed by atoms with van der Waals surface area (Å²) in [6.07, 6.45) is 1.80. The van der Waals surface area contributed by atoms with Crippen LogP contribution >= 0.6 is 11.6 Å². The Morgan fingerprint density at radius 2 is 2.00 bits per heavy atom. The van der Waals surface area contributed by atoms with Gasteiger partial charge in [0.25, 0.3) is 0 Å².